The van der Waals surface area contributed by atoms with E-state index < -0.39 is 0 Å². The highest BCUT2D eigenvalue weighted by Gasteiger charge is 2.22. The largest absolute Gasteiger partial charge is 0.369 e. The molecule has 0 aromatic heterocycles. The Morgan fingerprint density at radius 1 is 1.00 bits per heavy atom. The van der Waals surface area contributed by atoms with E-state index in [2.05, 4.69) is 41.5 Å². The minimum absolute atomic E-state index is 0.686. The van der Waals surface area contributed by atoms with Gasteiger partial charge in [-0.25, -0.2) is 0 Å². The molecule has 1 aromatic rings. The number of hydrogen-bond acceptors (Lipinski definition) is 2. The monoisotopic (exact) mass is 244 g/mol. The summed E-state index contributed by atoms with van der Waals surface area (Å²) in [5.74, 6) is 0.823. The van der Waals surface area contributed by atoms with E-state index in [1.807, 2.05) is 0 Å². The van der Waals surface area contributed by atoms with Gasteiger partial charge in [0.15, 0.2) is 0 Å². The van der Waals surface area contributed by atoms with Crippen LogP contribution in [0.15, 0.2) is 24.3 Å². The smallest absolute Gasteiger partial charge is 0.0535 e. The molecule has 1 saturated heterocycles. The predicted molar refractivity (Wildman–Crippen MR) is 77.3 cm³/mol. The third-order valence-corrected chi connectivity index (χ3v) is 4.68. The first-order chi connectivity index (χ1) is 8.84. The summed E-state index contributed by atoms with van der Waals surface area (Å²) >= 11 is 0. The molecular formula is C16H24N2. The molecule has 2 aliphatic rings. The first kappa shape index (κ1) is 12.0. The number of likely N-dealkylation sites (N-methyl/N-ethyl adjacent to an activating group) is 1. The highest BCUT2D eigenvalue weighted by atomic mass is 15.2. The minimum atomic E-state index is 0.686. The third-order valence-electron chi connectivity index (χ3n) is 4.68. The fraction of sp³-hybridized carbons (Fsp3) is 0.625. The zero-order chi connectivity index (χ0) is 12.4. The van der Waals surface area contributed by atoms with Crippen LogP contribution in [0.3, 0.4) is 0 Å². The van der Waals surface area contributed by atoms with Gasteiger partial charge >= 0.3 is 0 Å². The average molecular weight is 244 g/mol. The fourth-order valence-corrected chi connectivity index (χ4v) is 3.18. The van der Waals surface area contributed by atoms with Crippen LogP contribution in [0.25, 0.3) is 0 Å². The SMILES string of the molecule is CN(c1ccc(C2CCCCC2)cc1)C1CNC1. The Hall–Kier alpha value is -1.02. The second-order valence-electron chi connectivity index (χ2n) is 5.85. The Morgan fingerprint density at radius 2 is 1.67 bits per heavy atom. The van der Waals surface area contributed by atoms with Crippen molar-refractivity contribution in [3.63, 3.8) is 0 Å². The van der Waals surface area contributed by atoms with Crippen LogP contribution < -0.4 is 10.2 Å². The number of anilines is 1. The predicted octanol–water partition coefficient (Wildman–Crippen LogP) is 3.14. The topological polar surface area (TPSA) is 15.3 Å². The lowest BCUT2D eigenvalue weighted by Gasteiger charge is -2.37. The van der Waals surface area contributed by atoms with Crippen LogP contribution in [0.1, 0.15) is 43.6 Å². The first-order valence-electron chi connectivity index (χ1n) is 7.38. The van der Waals surface area contributed by atoms with Gasteiger partial charge < -0.3 is 10.2 Å². The van der Waals surface area contributed by atoms with Crippen molar-refractivity contribution >= 4 is 5.69 Å². The van der Waals surface area contributed by atoms with E-state index in [4.69, 9.17) is 0 Å². The van der Waals surface area contributed by atoms with E-state index in [0.717, 1.165) is 19.0 Å². The van der Waals surface area contributed by atoms with Crippen molar-refractivity contribution < 1.29 is 0 Å². The molecule has 2 fully saturated rings. The molecule has 1 aromatic carbocycles. The Balaban J connectivity index is 1.67. The molecule has 0 bridgehead atoms. The second kappa shape index (κ2) is 5.31. The van der Waals surface area contributed by atoms with Gasteiger partial charge in [-0.1, -0.05) is 31.4 Å². The molecule has 98 valence electrons. The second-order valence-corrected chi connectivity index (χ2v) is 5.85. The summed E-state index contributed by atoms with van der Waals surface area (Å²) in [4.78, 5) is 2.40. The number of hydrogen-bond donors (Lipinski definition) is 1. The van der Waals surface area contributed by atoms with Crippen LogP contribution in [-0.4, -0.2) is 26.2 Å². The molecule has 0 amide bonds. The van der Waals surface area contributed by atoms with Crippen molar-refractivity contribution in [1.29, 1.82) is 0 Å². The molecule has 1 saturated carbocycles. The lowest BCUT2D eigenvalue weighted by Crippen LogP contribution is -2.56. The van der Waals surface area contributed by atoms with Gasteiger partial charge in [-0.05, 0) is 36.5 Å². The normalized spacial score (nSPS) is 21.6. The zero-order valence-electron chi connectivity index (χ0n) is 11.4. The van der Waals surface area contributed by atoms with E-state index in [0.29, 0.717) is 6.04 Å². The van der Waals surface area contributed by atoms with E-state index >= 15 is 0 Å². The summed E-state index contributed by atoms with van der Waals surface area (Å²) in [6.45, 7) is 2.25. The highest BCUT2D eigenvalue weighted by molar-refractivity contribution is 5.49. The number of rotatable bonds is 3. The summed E-state index contributed by atoms with van der Waals surface area (Å²) in [6, 6.07) is 10.0. The van der Waals surface area contributed by atoms with Gasteiger partial charge in [-0.2, -0.15) is 0 Å². The van der Waals surface area contributed by atoms with Crippen molar-refractivity contribution in [1.82, 2.24) is 5.32 Å². The molecule has 0 unspecified atom stereocenters. The minimum Gasteiger partial charge on any atom is -0.369 e. The molecule has 1 heterocycles. The molecule has 0 atom stereocenters. The Labute approximate surface area is 110 Å². The molecule has 3 rings (SSSR count). The van der Waals surface area contributed by atoms with Crippen LogP contribution >= 0.6 is 0 Å². The zero-order valence-corrected chi connectivity index (χ0v) is 11.4. The summed E-state index contributed by atoms with van der Waals surface area (Å²) in [5.41, 5.74) is 2.92. The molecule has 18 heavy (non-hydrogen) atoms. The van der Waals surface area contributed by atoms with E-state index in [9.17, 15) is 0 Å². The van der Waals surface area contributed by atoms with Gasteiger partial charge in [0, 0.05) is 25.8 Å². The lowest BCUT2D eigenvalue weighted by molar-refractivity contribution is 0.428. The van der Waals surface area contributed by atoms with Gasteiger partial charge in [-0.15, -0.1) is 0 Å². The molecule has 2 nitrogen and oxygen atoms in total. The van der Waals surface area contributed by atoms with Gasteiger partial charge in [0.2, 0.25) is 0 Å². The summed E-state index contributed by atoms with van der Waals surface area (Å²) in [6.07, 6.45) is 7.05. The summed E-state index contributed by atoms with van der Waals surface area (Å²) in [7, 11) is 2.21. The number of nitrogens with one attached hydrogen (secondary N) is 1. The van der Waals surface area contributed by atoms with Crippen LogP contribution in [0, 0.1) is 0 Å². The summed E-state index contributed by atoms with van der Waals surface area (Å²) < 4.78 is 0. The first-order valence-corrected chi connectivity index (χ1v) is 7.38. The van der Waals surface area contributed by atoms with Crippen molar-refractivity contribution in [3.8, 4) is 0 Å². The van der Waals surface area contributed by atoms with Crippen LogP contribution in [-0.2, 0) is 0 Å². The molecular weight excluding hydrogens is 220 g/mol. The van der Waals surface area contributed by atoms with Gasteiger partial charge in [-0.3, -0.25) is 0 Å². The van der Waals surface area contributed by atoms with Gasteiger partial charge in [0.25, 0.3) is 0 Å². The van der Waals surface area contributed by atoms with Crippen molar-refractivity contribution in [3.05, 3.63) is 29.8 Å². The maximum absolute atomic E-state index is 3.33. The molecule has 1 N–H and O–H groups in total. The van der Waals surface area contributed by atoms with E-state index in [1.54, 1.807) is 5.56 Å². The number of benzene rings is 1. The van der Waals surface area contributed by atoms with E-state index in [-0.39, 0.29) is 0 Å². The van der Waals surface area contributed by atoms with Crippen LogP contribution in [0.4, 0.5) is 5.69 Å². The van der Waals surface area contributed by atoms with Crippen LogP contribution in [0.5, 0.6) is 0 Å². The van der Waals surface area contributed by atoms with Crippen molar-refractivity contribution in [2.45, 2.75) is 44.1 Å². The van der Waals surface area contributed by atoms with Crippen LogP contribution in [0.2, 0.25) is 0 Å². The van der Waals surface area contributed by atoms with Gasteiger partial charge in [0.05, 0.1) is 6.04 Å². The van der Waals surface area contributed by atoms with Gasteiger partial charge in [0.1, 0.15) is 0 Å². The maximum Gasteiger partial charge on any atom is 0.0535 e. The van der Waals surface area contributed by atoms with E-state index in [1.165, 1.54) is 37.8 Å². The Bertz CT molecular complexity index is 354. The molecule has 0 radical (unpaired) electrons. The Morgan fingerprint density at radius 3 is 2.22 bits per heavy atom. The summed E-state index contributed by atoms with van der Waals surface area (Å²) in [5, 5.41) is 3.33. The molecule has 0 spiro atoms. The van der Waals surface area contributed by atoms with Crippen molar-refractivity contribution in [2.24, 2.45) is 0 Å². The standard InChI is InChI=1S/C16H24N2/c1-18(16-11-17-12-16)15-9-7-14(8-10-15)13-5-3-2-4-6-13/h7-10,13,16-17H,2-6,11-12H2,1H3. The molecule has 2 heteroatoms. The quantitative estimate of drug-likeness (QED) is 0.878. The average Bonchev–Trinajstić information content (AvgIpc) is 2.38. The fourth-order valence-electron chi connectivity index (χ4n) is 3.18. The maximum atomic E-state index is 3.33. The Kier molecular flexibility index (Phi) is 3.55. The highest BCUT2D eigenvalue weighted by Crippen LogP contribution is 2.33. The number of nitrogens with zero attached hydrogens (tertiary/aromatic N) is 1. The molecule has 1 aliphatic heterocycles. The lowest BCUT2D eigenvalue weighted by atomic mass is 9.84. The molecule has 1 aliphatic carbocycles. The third kappa shape index (κ3) is 2.39. The van der Waals surface area contributed by atoms with Crippen molar-refractivity contribution in [2.75, 3.05) is 25.0 Å².